The predicted octanol–water partition coefficient (Wildman–Crippen LogP) is -2.18. The number of nitrogens with zero attached hydrogens (tertiary/aromatic N) is 6. The molecule has 1 saturated carbocycles. The monoisotopic (exact) mass is 533 g/mol. The van der Waals surface area contributed by atoms with E-state index < -0.39 is 26.8 Å². The lowest BCUT2D eigenvalue weighted by Crippen LogP contribution is -2.47. The summed E-state index contributed by atoms with van der Waals surface area (Å²) in [7, 11) is 5.67. The molecule has 3 heterocycles. The largest absolute Gasteiger partial charge is 0.332 e. The number of nitrogens with one attached hydrogen (secondary N) is 1. The van der Waals surface area contributed by atoms with Gasteiger partial charge in [0.05, 0.1) is 70.0 Å². The van der Waals surface area contributed by atoms with Crippen LogP contribution in [0.3, 0.4) is 0 Å². The zero-order valence-corrected chi connectivity index (χ0v) is 23.3. The van der Waals surface area contributed by atoms with Crippen LogP contribution in [0.4, 0.5) is 0 Å². The normalized spacial score (nSPS) is 15.2. The van der Waals surface area contributed by atoms with Crippen LogP contribution in [-0.4, -0.2) is 66.2 Å². The highest BCUT2D eigenvalue weighted by Gasteiger charge is 2.53. The molecule has 4 aromatic rings. The van der Waals surface area contributed by atoms with Crippen molar-refractivity contribution >= 4 is 44.5 Å². The van der Waals surface area contributed by atoms with Crippen LogP contribution in [0, 0.1) is 6.92 Å². The van der Waals surface area contributed by atoms with Crippen LogP contribution in [0.2, 0.25) is 5.11 Å². The van der Waals surface area contributed by atoms with E-state index in [1.165, 1.54) is 16.7 Å². The molecule has 0 spiro atoms. The molecular weight excluding hydrogens is 503 g/mol. The average molecular weight is 533 g/mol. The van der Waals surface area contributed by atoms with Gasteiger partial charge in [0.25, 0.3) is 5.56 Å². The third kappa shape index (κ3) is 4.58. The lowest BCUT2D eigenvalue weighted by Gasteiger charge is -2.31. The van der Waals surface area contributed by atoms with Gasteiger partial charge in [0.1, 0.15) is 0 Å². The lowest BCUT2D eigenvalue weighted by molar-refractivity contribution is 0.541. The molecule has 38 heavy (non-hydrogen) atoms. The first-order valence-electron chi connectivity index (χ1n) is 12.5. The Labute approximate surface area is 223 Å². The first-order chi connectivity index (χ1) is 17.7. The van der Waals surface area contributed by atoms with E-state index >= 15 is 0 Å². The lowest BCUT2D eigenvalue weighted by atomic mass is 9.38. The number of sulfonamides is 1. The van der Waals surface area contributed by atoms with Gasteiger partial charge in [-0.1, -0.05) is 5.11 Å². The third-order valence-electron chi connectivity index (χ3n) is 7.54. The van der Waals surface area contributed by atoms with Crippen molar-refractivity contribution in [2.24, 2.45) is 14.1 Å². The van der Waals surface area contributed by atoms with Gasteiger partial charge in [0.15, 0.2) is 0 Å². The topological polar surface area (TPSA) is 126 Å². The molecule has 5 rings (SSSR count). The minimum atomic E-state index is -3.91. The van der Waals surface area contributed by atoms with Gasteiger partial charge in [-0.15, -0.1) is 0 Å². The van der Waals surface area contributed by atoms with E-state index in [1.807, 2.05) is 36.5 Å². The highest BCUT2D eigenvalue weighted by Crippen LogP contribution is 2.50. The van der Waals surface area contributed by atoms with Crippen molar-refractivity contribution in [3.05, 3.63) is 74.4 Å². The summed E-state index contributed by atoms with van der Waals surface area (Å²) >= 11 is 0. The summed E-state index contributed by atoms with van der Waals surface area (Å²) in [5, 5.41) is 8.40. The van der Waals surface area contributed by atoms with E-state index in [0.29, 0.717) is 11.1 Å². The second-order valence-electron chi connectivity index (χ2n) is 11.3. The van der Waals surface area contributed by atoms with E-state index in [-0.39, 0.29) is 28.5 Å². The van der Waals surface area contributed by atoms with Crippen molar-refractivity contribution in [2.45, 2.75) is 48.4 Å². The number of hydrogen-bond acceptors (Lipinski definition) is 6. The molecule has 0 aliphatic heterocycles. The molecule has 1 N–H and O–H groups in total. The van der Waals surface area contributed by atoms with Gasteiger partial charge in [-0.2, -0.15) is 10.2 Å². The van der Waals surface area contributed by atoms with Crippen molar-refractivity contribution in [3.8, 4) is 0 Å². The molecule has 1 fully saturated rings. The summed E-state index contributed by atoms with van der Waals surface area (Å²) in [5.41, 5.74) is 1.05. The van der Waals surface area contributed by atoms with Crippen molar-refractivity contribution in [1.82, 2.24) is 33.4 Å². The summed E-state index contributed by atoms with van der Waals surface area (Å²) in [6, 6.07) is 6.25. The number of benzene rings is 1. The zero-order chi connectivity index (χ0) is 27.6. The SMILES string of the molecule is BC(B)(B)C1(NS(=O)(=O)c2ccc3c(c2)c(=O)n(Cc2cnn(C)c2)c(=O)n3Cc2cc(C)nn2C)CC1. The summed E-state index contributed by atoms with van der Waals surface area (Å²) in [6.45, 7) is 2.04. The van der Waals surface area contributed by atoms with Gasteiger partial charge in [-0.25, -0.2) is 17.9 Å². The Morgan fingerprint density at radius 2 is 1.79 bits per heavy atom. The Hall–Kier alpha value is -3.32. The van der Waals surface area contributed by atoms with Gasteiger partial charge in [0.2, 0.25) is 10.0 Å². The second kappa shape index (κ2) is 8.87. The first-order valence-corrected chi connectivity index (χ1v) is 14.0. The molecule has 0 atom stereocenters. The molecule has 0 saturated heterocycles. The van der Waals surface area contributed by atoms with Crippen LogP contribution in [0.25, 0.3) is 10.9 Å². The Bertz CT molecular complexity index is 1790. The van der Waals surface area contributed by atoms with Gasteiger partial charge < -0.3 is 0 Å². The Morgan fingerprint density at radius 3 is 2.34 bits per heavy atom. The molecule has 0 radical (unpaired) electrons. The van der Waals surface area contributed by atoms with Crippen molar-refractivity contribution < 1.29 is 8.42 Å². The molecule has 0 bridgehead atoms. The van der Waals surface area contributed by atoms with Crippen molar-refractivity contribution in [3.63, 3.8) is 0 Å². The van der Waals surface area contributed by atoms with Crippen LogP contribution in [0.15, 0.2) is 51.1 Å². The van der Waals surface area contributed by atoms with E-state index in [1.54, 1.807) is 41.9 Å². The molecular formula is C23H30B3N7O4S. The summed E-state index contributed by atoms with van der Waals surface area (Å²) in [6.07, 6.45) is 4.84. The Balaban J connectivity index is 1.68. The fraction of sp³-hybridized carbons (Fsp3) is 0.391. The van der Waals surface area contributed by atoms with Gasteiger partial charge >= 0.3 is 5.69 Å². The fourth-order valence-electron chi connectivity index (χ4n) is 5.02. The van der Waals surface area contributed by atoms with E-state index in [2.05, 4.69) is 14.9 Å². The van der Waals surface area contributed by atoms with Gasteiger partial charge in [-0.05, 0) is 44.0 Å². The summed E-state index contributed by atoms with van der Waals surface area (Å²) < 4.78 is 35.7. The smallest absolute Gasteiger partial charge is 0.287 e. The van der Waals surface area contributed by atoms with E-state index in [4.69, 9.17) is 0 Å². The number of hydrogen-bond donors (Lipinski definition) is 1. The minimum Gasteiger partial charge on any atom is -0.287 e. The minimum absolute atomic E-state index is 0.00729. The van der Waals surface area contributed by atoms with Crippen molar-refractivity contribution in [2.75, 3.05) is 0 Å². The average Bonchev–Trinajstić information content (AvgIpc) is 3.39. The Morgan fingerprint density at radius 1 is 1.08 bits per heavy atom. The maximum atomic E-state index is 13.7. The molecule has 1 aliphatic rings. The first kappa shape index (κ1) is 26.3. The predicted molar refractivity (Wildman–Crippen MR) is 152 cm³/mol. The van der Waals surface area contributed by atoms with Crippen LogP contribution in [0.1, 0.15) is 29.8 Å². The highest BCUT2D eigenvalue weighted by molar-refractivity contribution is 7.89. The van der Waals surface area contributed by atoms with Gasteiger partial charge in [0, 0.05) is 31.4 Å². The van der Waals surface area contributed by atoms with E-state index in [0.717, 1.165) is 28.8 Å². The Kier molecular flexibility index (Phi) is 6.14. The second-order valence-corrected chi connectivity index (χ2v) is 13.0. The molecule has 196 valence electrons. The summed E-state index contributed by atoms with van der Waals surface area (Å²) in [5.74, 6) is 0. The maximum absolute atomic E-state index is 13.7. The molecule has 1 aliphatic carbocycles. The summed E-state index contributed by atoms with van der Waals surface area (Å²) in [4.78, 5) is 27.3. The van der Waals surface area contributed by atoms with Crippen LogP contribution < -0.4 is 16.0 Å². The molecule has 0 unspecified atom stereocenters. The van der Waals surface area contributed by atoms with E-state index in [9.17, 15) is 18.0 Å². The molecule has 1 aromatic carbocycles. The molecule has 3 aromatic heterocycles. The highest BCUT2D eigenvalue weighted by atomic mass is 32.2. The number of aromatic nitrogens is 6. The fourth-order valence-corrected chi connectivity index (χ4v) is 6.68. The van der Waals surface area contributed by atoms with Crippen LogP contribution >= 0.6 is 0 Å². The van der Waals surface area contributed by atoms with Crippen LogP contribution in [0.5, 0.6) is 0 Å². The van der Waals surface area contributed by atoms with Crippen LogP contribution in [-0.2, 0) is 37.2 Å². The molecule has 11 nitrogen and oxygen atoms in total. The van der Waals surface area contributed by atoms with Crippen molar-refractivity contribution in [1.29, 1.82) is 0 Å². The molecule has 0 amide bonds. The standard InChI is InChI=1S/C23H30B3N7O4S/c1-14-8-16(31(3)28-14)13-32-19-5-4-17(38(36,37)29-22(6-7-22)23(24,25)26)9-18(19)20(34)33(21(32)35)12-15-10-27-30(2)11-15/h4-5,8-11,29H,6-7,12-13,24-26H2,1-3H3. The number of aryl methyl sites for hydroxylation is 3. The molecule has 15 heteroatoms. The quantitative estimate of drug-likeness (QED) is 0.257. The third-order valence-corrected chi connectivity index (χ3v) is 9.07. The maximum Gasteiger partial charge on any atom is 0.332 e. The van der Waals surface area contributed by atoms with Gasteiger partial charge in [-0.3, -0.25) is 23.3 Å². The zero-order valence-electron chi connectivity index (χ0n) is 22.5. The number of rotatable bonds is 8. The number of fused-ring (bicyclic) bond motifs is 1.